The normalized spacial score (nSPS) is 14.0. The summed E-state index contributed by atoms with van der Waals surface area (Å²) in [6.45, 7) is 3.15. The number of aryl methyl sites for hydroxylation is 1. The Labute approximate surface area is 132 Å². The largest absolute Gasteiger partial charge is 0.504 e. The van der Waals surface area contributed by atoms with Crippen molar-refractivity contribution < 1.29 is 19.4 Å². The monoisotopic (exact) mass is 319 g/mol. The average molecular weight is 319 g/mol. The molecule has 0 fully saturated rings. The van der Waals surface area contributed by atoms with Gasteiger partial charge in [0.2, 0.25) is 0 Å². The third-order valence-electron chi connectivity index (χ3n) is 3.57. The minimum absolute atomic E-state index is 0.102. The van der Waals surface area contributed by atoms with Crippen molar-refractivity contribution >= 4 is 17.4 Å². The van der Waals surface area contributed by atoms with Crippen LogP contribution in [0, 0.1) is 6.92 Å². The molecule has 0 aliphatic carbocycles. The van der Waals surface area contributed by atoms with Crippen LogP contribution in [-0.4, -0.2) is 36.4 Å². The van der Waals surface area contributed by atoms with Gasteiger partial charge in [-0.05, 0) is 36.8 Å². The van der Waals surface area contributed by atoms with Crippen LogP contribution in [0.25, 0.3) is 10.4 Å². The predicted molar refractivity (Wildman–Crippen MR) is 84.5 cm³/mol. The number of methoxy groups -OCH3 is 1. The fourth-order valence-corrected chi connectivity index (χ4v) is 3.37. The highest BCUT2D eigenvalue weighted by Gasteiger charge is 2.23. The van der Waals surface area contributed by atoms with Crippen LogP contribution >= 0.6 is 11.3 Å². The lowest BCUT2D eigenvalue weighted by Gasteiger charge is -2.18. The summed E-state index contributed by atoms with van der Waals surface area (Å²) < 4.78 is 10.4. The van der Waals surface area contributed by atoms with E-state index in [4.69, 9.17) is 9.47 Å². The van der Waals surface area contributed by atoms with Gasteiger partial charge in [0.1, 0.15) is 6.61 Å². The molecule has 1 aromatic carbocycles. The first-order valence-electron chi connectivity index (χ1n) is 6.97. The van der Waals surface area contributed by atoms with Crippen LogP contribution < -0.4 is 4.74 Å². The number of carbonyl (C=O) groups excluding carboxylic acids is 1. The van der Waals surface area contributed by atoms with Crippen molar-refractivity contribution in [2.45, 2.75) is 13.5 Å². The van der Waals surface area contributed by atoms with Crippen molar-refractivity contribution in [1.29, 1.82) is 0 Å². The van der Waals surface area contributed by atoms with Crippen LogP contribution in [0.3, 0.4) is 0 Å². The van der Waals surface area contributed by atoms with Crippen LogP contribution in [0.1, 0.15) is 10.4 Å². The zero-order valence-electron chi connectivity index (χ0n) is 12.5. The van der Waals surface area contributed by atoms with E-state index in [-0.39, 0.29) is 5.75 Å². The molecule has 0 spiro atoms. The Morgan fingerprint density at radius 3 is 2.91 bits per heavy atom. The van der Waals surface area contributed by atoms with Crippen LogP contribution in [0.5, 0.6) is 11.5 Å². The molecule has 22 heavy (non-hydrogen) atoms. The first-order valence-corrected chi connectivity index (χ1v) is 7.78. The highest BCUT2D eigenvalue weighted by Crippen LogP contribution is 2.39. The second kappa shape index (κ2) is 5.88. The quantitative estimate of drug-likeness (QED) is 0.875. The van der Waals surface area contributed by atoms with E-state index in [0.29, 0.717) is 25.4 Å². The lowest BCUT2D eigenvalue weighted by atomic mass is 10.1. The van der Waals surface area contributed by atoms with Gasteiger partial charge in [0, 0.05) is 15.3 Å². The number of thiophene rings is 1. The summed E-state index contributed by atoms with van der Waals surface area (Å²) in [5, 5.41) is 10.3. The van der Waals surface area contributed by atoms with Gasteiger partial charge in [-0.15, -0.1) is 11.3 Å². The minimum atomic E-state index is -0.395. The van der Waals surface area contributed by atoms with Crippen LogP contribution in [0.15, 0.2) is 24.3 Å². The molecule has 1 aliphatic heterocycles. The molecule has 6 heteroatoms. The molecule has 0 saturated heterocycles. The zero-order chi connectivity index (χ0) is 15.7. The lowest BCUT2D eigenvalue weighted by molar-refractivity contribution is 0.117. The Hall–Kier alpha value is -2.21. The van der Waals surface area contributed by atoms with Gasteiger partial charge in [-0.2, -0.15) is 0 Å². The number of hydrogen-bond acceptors (Lipinski definition) is 5. The number of aromatic hydroxyl groups is 1. The Balaban J connectivity index is 2.00. The summed E-state index contributed by atoms with van der Waals surface area (Å²) in [6.07, 6.45) is -0.395. The van der Waals surface area contributed by atoms with Crippen molar-refractivity contribution in [2.24, 2.45) is 0 Å². The number of rotatable bonds is 1. The summed E-state index contributed by atoms with van der Waals surface area (Å²) in [6, 6.07) is 7.73. The van der Waals surface area contributed by atoms with Gasteiger partial charge in [0.15, 0.2) is 11.5 Å². The number of benzene rings is 1. The summed E-state index contributed by atoms with van der Waals surface area (Å²) in [5.74, 6) is 0.550. The third kappa shape index (κ3) is 2.74. The number of carbonyl (C=O) groups is 1. The maximum absolute atomic E-state index is 11.8. The number of amides is 1. The van der Waals surface area contributed by atoms with Crippen molar-refractivity contribution in [1.82, 2.24) is 4.90 Å². The molecule has 0 unspecified atom stereocenters. The Kier molecular flexibility index (Phi) is 3.94. The van der Waals surface area contributed by atoms with Gasteiger partial charge >= 0.3 is 6.09 Å². The van der Waals surface area contributed by atoms with Crippen molar-refractivity contribution in [3.63, 3.8) is 0 Å². The average Bonchev–Trinajstić information content (AvgIpc) is 2.81. The summed E-state index contributed by atoms with van der Waals surface area (Å²) in [7, 11) is 1.36. The van der Waals surface area contributed by atoms with Crippen molar-refractivity contribution in [3.05, 3.63) is 34.7 Å². The molecule has 116 valence electrons. The molecular weight excluding hydrogens is 302 g/mol. The van der Waals surface area contributed by atoms with Gasteiger partial charge < -0.3 is 19.5 Å². The first-order chi connectivity index (χ1) is 10.6. The Bertz CT molecular complexity index is 710. The minimum Gasteiger partial charge on any atom is -0.504 e. The van der Waals surface area contributed by atoms with Gasteiger partial charge in [-0.25, -0.2) is 4.79 Å². The van der Waals surface area contributed by atoms with Crippen molar-refractivity contribution in [3.8, 4) is 21.9 Å². The fraction of sp³-hybridized carbons (Fsp3) is 0.312. The molecule has 0 bridgehead atoms. The highest BCUT2D eigenvalue weighted by molar-refractivity contribution is 7.15. The summed E-state index contributed by atoms with van der Waals surface area (Å²) in [4.78, 5) is 15.6. The van der Waals surface area contributed by atoms with E-state index in [1.165, 1.54) is 12.0 Å². The maximum Gasteiger partial charge on any atom is 0.409 e. The Morgan fingerprint density at radius 1 is 1.41 bits per heavy atom. The number of hydrogen-bond donors (Lipinski definition) is 1. The number of fused-ring (bicyclic) bond motifs is 1. The summed E-state index contributed by atoms with van der Waals surface area (Å²) in [5.41, 5.74) is 1.70. The molecule has 1 aliphatic rings. The number of phenolic OH excluding ortho intramolecular Hbond substituents is 1. The molecular formula is C16H17NO4S. The maximum atomic E-state index is 11.8. The van der Waals surface area contributed by atoms with E-state index in [2.05, 4.69) is 0 Å². The fourth-order valence-electron chi connectivity index (χ4n) is 2.52. The predicted octanol–water partition coefficient (Wildman–Crippen LogP) is 3.39. The molecule has 2 heterocycles. The van der Waals surface area contributed by atoms with E-state index < -0.39 is 6.09 Å². The standard InChI is InChI=1S/C16H17NO4S/c1-10-3-4-14(22-10)11-7-12-9-17(16(19)20-2)5-6-21-15(12)13(18)8-11/h3-4,7-8,18H,5-6,9H2,1-2H3. The number of ether oxygens (including phenoxy) is 2. The molecule has 3 rings (SSSR count). The molecule has 0 radical (unpaired) electrons. The lowest BCUT2D eigenvalue weighted by Crippen LogP contribution is -2.32. The van der Waals surface area contributed by atoms with E-state index >= 15 is 0 Å². The Morgan fingerprint density at radius 2 is 2.23 bits per heavy atom. The van der Waals surface area contributed by atoms with Crippen LogP contribution in [0.4, 0.5) is 4.79 Å². The second-order valence-corrected chi connectivity index (χ2v) is 6.42. The number of phenols is 1. The smallest absolute Gasteiger partial charge is 0.409 e. The van der Waals surface area contributed by atoms with E-state index in [0.717, 1.165) is 16.0 Å². The molecule has 2 aromatic rings. The molecule has 1 amide bonds. The molecule has 5 nitrogen and oxygen atoms in total. The van der Waals surface area contributed by atoms with Gasteiger partial charge in [0.25, 0.3) is 0 Å². The van der Waals surface area contributed by atoms with Crippen LogP contribution in [0.2, 0.25) is 0 Å². The molecule has 1 N–H and O–H groups in total. The van der Waals surface area contributed by atoms with Gasteiger partial charge in [0.05, 0.1) is 20.2 Å². The van der Waals surface area contributed by atoms with Gasteiger partial charge in [-0.3, -0.25) is 0 Å². The van der Waals surface area contributed by atoms with Gasteiger partial charge in [-0.1, -0.05) is 0 Å². The van der Waals surface area contributed by atoms with E-state index in [1.807, 2.05) is 25.1 Å². The number of nitrogens with zero attached hydrogens (tertiary/aromatic N) is 1. The van der Waals surface area contributed by atoms with E-state index in [1.54, 1.807) is 22.3 Å². The molecule has 1 aromatic heterocycles. The topological polar surface area (TPSA) is 59.0 Å². The van der Waals surface area contributed by atoms with Crippen molar-refractivity contribution in [2.75, 3.05) is 20.3 Å². The third-order valence-corrected chi connectivity index (χ3v) is 4.62. The molecule has 0 saturated carbocycles. The van der Waals surface area contributed by atoms with Crippen LogP contribution in [-0.2, 0) is 11.3 Å². The first kappa shape index (κ1) is 14.7. The highest BCUT2D eigenvalue weighted by atomic mass is 32.1. The molecule has 0 atom stereocenters. The summed E-state index contributed by atoms with van der Waals surface area (Å²) >= 11 is 1.66. The second-order valence-electron chi connectivity index (χ2n) is 5.13. The zero-order valence-corrected chi connectivity index (χ0v) is 13.3. The SMILES string of the molecule is COC(=O)N1CCOc2c(O)cc(-c3ccc(C)s3)cc2C1. The van der Waals surface area contributed by atoms with E-state index in [9.17, 15) is 9.90 Å².